The van der Waals surface area contributed by atoms with Gasteiger partial charge in [-0.15, -0.1) is 0 Å². The summed E-state index contributed by atoms with van der Waals surface area (Å²) in [4.78, 5) is 21.7. The van der Waals surface area contributed by atoms with Gasteiger partial charge in [0.25, 0.3) is 5.69 Å². The second-order valence-electron chi connectivity index (χ2n) is 5.02. The molecule has 0 aliphatic carbocycles. The molecule has 2 aromatic carbocycles. The van der Waals surface area contributed by atoms with E-state index in [-0.39, 0.29) is 11.7 Å². The van der Waals surface area contributed by atoms with E-state index in [2.05, 4.69) is 9.84 Å². The molecule has 3 aromatic rings. The standard InChI is InChI=1S/C16H13N3O4/c1-23-16(20)12-4-2-11(3-5-12)9-18-10-13-6-7-14(19(21)22)8-15(13)17-18/h2-8,10H,9H2,1H3. The topological polar surface area (TPSA) is 87.3 Å². The summed E-state index contributed by atoms with van der Waals surface area (Å²) >= 11 is 0. The van der Waals surface area contributed by atoms with E-state index in [0.717, 1.165) is 10.9 Å². The number of hydrogen-bond acceptors (Lipinski definition) is 5. The number of benzene rings is 2. The first kappa shape index (κ1) is 14.7. The number of methoxy groups -OCH3 is 1. The molecule has 0 bridgehead atoms. The van der Waals surface area contributed by atoms with Crippen LogP contribution in [0.15, 0.2) is 48.7 Å². The number of fused-ring (bicyclic) bond motifs is 1. The lowest BCUT2D eigenvalue weighted by Gasteiger charge is -2.03. The molecule has 0 atom stereocenters. The molecular weight excluding hydrogens is 298 g/mol. The van der Waals surface area contributed by atoms with Gasteiger partial charge in [0.2, 0.25) is 0 Å². The summed E-state index contributed by atoms with van der Waals surface area (Å²) in [6, 6.07) is 11.6. The molecule has 116 valence electrons. The Kier molecular flexibility index (Phi) is 3.76. The van der Waals surface area contributed by atoms with E-state index >= 15 is 0 Å². The van der Waals surface area contributed by atoms with Crippen molar-refractivity contribution in [3.63, 3.8) is 0 Å². The lowest BCUT2D eigenvalue weighted by atomic mass is 10.1. The van der Waals surface area contributed by atoms with Gasteiger partial charge in [-0.05, 0) is 23.8 Å². The first-order valence-electron chi connectivity index (χ1n) is 6.85. The Morgan fingerprint density at radius 1 is 1.26 bits per heavy atom. The zero-order valence-electron chi connectivity index (χ0n) is 12.3. The van der Waals surface area contributed by atoms with Crippen LogP contribution >= 0.6 is 0 Å². The first-order valence-corrected chi connectivity index (χ1v) is 6.85. The Hall–Kier alpha value is -3.22. The highest BCUT2D eigenvalue weighted by atomic mass is 16.6. The number of hydrogen-bond donors (Lipinski definition) is 0. The summed E-state index contributed by atoms with van der Waals surface area (Å²) in [5, 5.41) is 16.0. The van der Waals surface area contributed by atoms with Crippen molar-refractivity contribution in [2.45, 2.75) is 6.54 Å². The minimum absolute atomic E-state index is 0.0187. The van der Waals surface area contributed by atoms with Crippen molar-refractivity contribution >= 4 is 22.6 Å². The lowest BCUT2D eigenvalue weighted by molar-refractivity contribution is -0.384. The molecule has 0 spiro atoms. The van der Waals surface area contributed by atoms with Crippen molar-refractivity contribution in [1.82, 2.24) is 9.78 Å². The quantitative estimate of drug-likeness (QED) is 0.420. The van der Waals surface area contributed by atoms with E-state index in [9.17, 15) is 14.9 Å². The lowest BCUT2D eigenvalue weighted by Crippen LogP contribution is -2.03. The Labute approximate surface area is 131 Å². The van der Waals surface area contributed by atoms with Crippen LogP contribution in [-0.4, -0.2) is 27.8 Å². The third-order valence-corrected chi connectivity index (χ3v) is 3.47. The maximum Gasteiger partial charge on any atom is 0.337 e. The maximum atomic E-state index is 11.4. The van der Waals surface area contributed by atoms with Crippen LogP contribution < -0.4 is 0 Å². The van der Waals surface area contributed by atoms with Gasteiger partial charge < -0.3 is 4.74 Å². The molecule has 0 unspecified atom stereocenters. The molecule has 23 heavy (non-hydrogen) atoms. The molecule has 0 saturated heterocycles. The van der Waals surface area contributed by atoms with Crippen molar-refractivity contribution in [2.24, 2.45) is 0 Å². The van der Waals surface area contributed by atoms with E-state index in [4.69, 9.17) is 0 Å². The monoisotopic (exact) mass is 311 g/mol. The van der Waals surface area contributed by atoms with E-state index in [1.165, 1.54) is 19.2 Å². The van der Waals surface area contributed by atoms with Crippen LogP contribution in [0.2, 0.25) is 0 Å². The Morgan fingerprint density at radius 3 is 2.65 bits per heavy atom. The first-order chi connectivity index (χ1) is 11.1. The molecule has 1 heterocycles. The molecule has 0 N–H and O–H groups in total. The molecule has 0 aliphatic heterocycles. The number of nitro groups is 1. The van der Waals surface area contributed by atoms with E-state index in [0.29, 0.717) is 17.6 Å². The third-order valence-electron chi connectivity index (χ3n) is 3.47. The van der Waals surface area contributed by atoms with Gasteiger partial charge >= 0.3 is 5.97 Å². The Bertz CT molecular complexity index is 884. The van der Waals surface area contributed by atoms with Gasteiger partial charge in [-0.2, -0.15) is 5.10 Å². The van der Waals surface area contributed by atoms with Crippen molar-refractivity contribution in [2.75, 3.05) is 7.11 Å². The Morgan fingerprint density at radius 2 is 2.00 bits per heavy atom. The number of rotatable bonds is 4. The van der Waals surface area contributed by atoms with Crippen molar-refractivity contribution < 1.29 is 14.5 Å². The zero-order chi connectivity index (χ0) is 16.4. The van der Waals surface area contributed by atoms with Crippen LogP contribution in [0.1, 0.15) is 15.9 Å². The number of nitro benzene ring substituents is 1. The SMILES string of the molecule is COC(=O)c1ccc(Cn2cc3ccc([N+](=O)[O-])cc3n2)cc1. The van der Waals surface area contributed by atoms with Crippen LogP contribution in [0.4, 0.5) is 5.69 Å². The van der Waals surface area contributed by atoms with Gasteiger partial charge in [-0.3, -0.25) is 14.8 Å². The summed E-state index contributed by atoms with van der Waals surface area (Å²) in [6.45, 7) is 0.504. The number of aromatic nitrogens is 2. The van der Waals surface area contributed by atoms with Gasteiger partial charge in [0.1, 0.15) is 0 Å². The fourth-order valence-corrected chi connectivity index (χ4v) is 2.30. The minimum atomic E-state index is -0.440. The summed E-state index contributed by atoms with van der Waals surface area (Å²) in [6.07, 6.45) is 1.83. The average molecular weight is 311 g/mol. The zero-order valence-corrected chi connectivity index (χ0v) is 12.3. The number of esters is 1. The fraction of sp³-hybridized carbons (Fsp3) is 0.125. The predicted molar refractivity (Wildman–Crippen MR) is 83.3 cm³/mol. The fourth-order valence-electron chi connectivity index (χ4n) is 2.30. The van der Waals surface area contributed by atoms with Crippen LogP contribution in [-0.2, 0) is 11.3 Å². The summed E-state index contributed by atoms with van der Waals surface area (Å²) in [7, 11) is 1.34. The van der Waals surface area contributed by atoms with Crippen molar-refractivity contribution in [3.8, 4) is 0 Å². The predicted octanol–water partition coefficient (Wildman–Crippen LogP) is 2.78. The summed E-state index contributed by atoms with van der Waals surface area (Å²) in [5.41, 5.74) is 2.04. The molecule has 0 saturated carbocycles. The van der Waals surface area contributed by atoms with E-state index in [1.807, 2.05) is 18.3 Å². The molecule has 0 aliphatic rings. The molecule has 0 radical (unpaired) electrons. The molecule has 3 rings (SSSR count). The number of ether oxygens (including phenoxy) is 1. The van der Waals surface area contributed by atoms with Crippen LogP contribution in [0.5, 0.6) is 0 Å². The highest BCUT2D eigenvalue weighted by Gasteiger charge is 2.09. The van der Waals surface area contributed by atoms with Crippen LogP contribution in [0, 0.1) is 10.1 Å². The van der Waals surface area contributed by atoms with Crippen LogP contribution in [0.3, 0.4) is 0 Å². The third kappa shape index (κ3) is 3.03. The largest absolute Gasteiger partial charge is 0.465 e. The van der Waals surface area contributed by atoms with Gasteiger partial charge in [-0.1, -0.05) is 12.1 Å². The normalized spacial score (nSPS) is 10.7. The smallest absolute Gasteiger partial charge is 0.337 e. The van der Waals surface area contributed by atoms with Gasteiger partial charge in [0.05, 0.1) is 29.7 Å². The maximum absolute atomic E-state index is 11.4. The number of nitrogens with zero attached hydrogens (tertiary/aromatic N) is 3. The molecule has 1 aromatic heterocycles. The summed E-state index contributed by atoms with van der Waals surface area (Å²) in [5.74, 6) is -0.381. The molecule has 0 amide bonds. The number of carbonyl (C=O) groups is 1. The van der Waals surface area contributed by atoms with Crippen molar-refractivity contribution in [3.05, 3.63) is 69.9 Å². The average Bonchev–Trinajstić information content (AvgIpc) is 2.96. The van der Waals surface area contributed by atoms with Crippen molar-refractivity contribution in [1.29, 1.82) is 0 Å². The molecule has 7 nitrogen and oxygen atoms in total. The second kappa shape index (κ2) is 5.88. The molecule has 0 fully saturated rings. The van der Waals surface area contributed by atoms with Gasteiger partial charge in [0.15, 0.2) is 0 Å². The van der Waals surface area contributed by atoms with Gasteiger partial charge in [-0.25, -0.2) is 4.79 Å². The highest BCUT2D eigenvalue weighted by molar-refractivity contribution is 5.89. The van der Waals surface area contributed by atoms with Gasteiger partial charge in [0, 0.05) is 23.7 Å². The Balaban J connectivity index is 1.83. The molecule has 7 heteroatoms. The highest BCUT2D eigenvalue weighted by Crippen LogP contribution is 2.20. The van der Waals surface area contributed by atoms with E-state index < -0.39 is 4.92 Å². The second-order valence-corrected chi connectivity index (χ2v) is 5.02. The molecular formula is C16H13N3O4. The minimum Gasteiger partial charge on any atom is -0.465 e. The number of non-ortho nitro benzene ring substituents is 1. The summed E-state index contributed by atoms with van der Waals surface area (Å²) < 4.78 is 6.36. The number of carbonyl (C=O) groups excluding carboxylic acids is 1. The van der Waals surface area contributed by atoms with Crippen LogP contribution in [0.25, 0.3) is 10.9 Å². The van der Waals surface area contributed by atoms with E-state index in [1.54, 1.807) is 22.9 Å².